The number of carboxylic acids is 1. The lowest BCUT2D eigenvalue weighted by Gasteiger charge is -2.20. The maximum absolute atomic E-state index is 12.8. The summed E-state index contributed by atoms with van der Waals surface area (Å²) in [6, 6.07) is 5.87. The van der Waals surface area contributed by atoms with E-state index in [9.17, 15) is 14.0 Å². The first kappa shape index (κ1) is 14.9. The predicted molar refractivity (Wildman–Crippen MR) is 68.9 cm³/mol. The molecule has 1 rings (SSSR count). The zero-order chi connectivity index (χ0) is 14.3. The van der Waals surface area contributed by atoms with E-state index in [0.717, 1.165) is 24.1 Å². The number of rotatable bonds is 6. The Hall–Kier alpha value is -2.17. The van der Waals surface area contributed by atoms with E-state index in [1.807, 2.05) is 6.92 Å². The molecule has 0 aliphatic heterocycles. The van der Waals surface area contributed by atoms with E-state index in [1.165, 1.54) is 17.0 Å². The molecule has 4 nitrogen and oxygen atoms in total. The molecule has 1 amide bonds. The Balaban J connectivity index is 2.74. The first-order valence-corrected chi connectivity index (χ1v) is 5.97. The molecule has 1 aromatic carbocycles. The summed E-state index contributed by atoms with van der Waals surface area (Å²) in [7, 11) is 0. The molecule has 0 fully saturated rings. The van der Waals surface area contributed by atoms with Crippen LogP contribution < -0.4 is 0 Å². The smallest absolute Gasteiger partial charge is 0.328 e. The second-order valence-corrected chi connectivity index (χ2v) is 4.06. The number of nitrogens with zero attached hydrogens (tertiary/aromatic N) is 1. The van der Waals surface area contributed by atoms with Gasteiger partial charge in [-0.2, -0.15) is 0 Å². The van der Waals surface area contributed by atoms with E-state index in [1.54, 1.807) is 12.1 Å². The highest BCUT2D eigenvalue weighted by Gasteiger charge is 2.10. The third-order valence-electron chi connectivity index (χ3n) is 2.46. The summed E-state index contributed by atoms with van der Waals surface area (Å²) in [4.78, 5) is 23.7. The SMILES string of the molecule is CCCN(Cc1ccc(F)cc1)C(=O)/C=C/C(=O)O. The Bertz CT molecular complexity index is 468. The van der Waals surface area contributed by atoms with Crippen molar-refractivity contribution in [2.24, 2.45) is 0 Å². The van der Waals surface area contributed by atoms with Crippen LogP contribution in [0.5, 0.6) is 0 Å². The number of carbonyl (C=O) groups is 2. The van der Waals surface area contributed by atoms with Crippen molar-refractivity contribution in [3.8, 4) is 0 Å². The van der Waals surface area contributed by atoms with Gasteiger partial charge in [0.05, 0.1) is 0 Å². The fraction of sp³-hybridized carbons (Fsp3) is 0.286. The van der Waals surface area contributed by atoms with Crippen LogP contribution in [0.2, 0.25) is 0 Å². The molecule has 0 radical (unpaired) electrons. The first-order chi connectivity index (χ1) is 9.02. The van der Waals surface area contributed by atoms with Gasteiger partial charge >= 0.3 is 5.97 Å². The highest BCUT2D eigenvalue weighted by atomic mass is 19.1. The molecule has 0 unspecified atom stereocenters. The Morgan fingerprint density at radius 1 is 1.26 bits per heavy atom. The Labute approximate surface area is 111 Å². The Kier molecular flexibility index (Phi) is 5.73. The number of halogens is 1. The van der Waals surface area contributed by atoms with Crippen LogP contribution >= 0.6 is 0 Å². The molecule has 1 aromatic rings. The monoisotopic (exact) mass is 265 g/mol. The van der Waals surface area contributed by atoms with Gasteiger partial charge in [-0.15, -0.1) is 0 Å². The van der Waals surface area contributed by atoms with E-state index in [4.69, 9.17) is 5.11 Å². The standard InChI is InChI=1S/C14H16FNO3/c1-2-9-16(13(17)7-8-14(18)19)10-11-3-5-12(15)6-4-11/h3-8H,2,9-10H2,1H3,(H,18,19)/b8-7+. The van der Waals surface area contributed by atoms with Gasteiger partial charge in [0.1, 0.15) is 5.82 Å². The van der Waals surface area contributed by atoms with Crippen LogP contribution in [0.15, 0.2) is 36.4 Å². The van der Waals surface area contributed by atoms with Gasteiger partial charge in [0.15, 0.2) is 0 Å². The number of hydrogen-bond donors (Lipinski definition) is 1. The van der Waals surface area contributed by atoms with Gasteiger partial charge in [-0.3, -0.25) is 4.79 Å². The fourth-order valence-electron chi connectivity index (χ4n) is 1.60. The highest BCUT2D eigenvalue weighted by Crippen LogP contribution is 2.08. The third kappa shape index (κ3) is 5.33. The van der Waals surface area contributed by atoms with Crippen molar-refractivity contribution in [1.82, 2.24) is 4.90 Å². The lowest BCUT2D eigenvalue weighted by molar-refractivity contribution is -0.132. The van der Waals surface area contributed by atoms with E-state index in [2.05, 4.69) is 0 Å². The predicted octanol–water partition coefficient (Wildman–Crippen LogP) is 2.21. The van der Waals surface area contributed by atoms with Crippen molar-refractivity contribution in [1.29, 1.82) is 0 Å². The molecular weight excluding hydrogens is 249 g/mol. The summed E-state index contributed by atoms with van der Waals surface area (Å²) >= 11 is 0. The molecule has 1 N–H and O–H groups in total. The molecule has 0 spiro atoms. The van der Waals surface area contributed by atoms with E-state index in [0.29, 0.717) is 13.1 Å². The highest BCUT2D eigenvalue weighted by molar-refractivity contribution is 5.93. The van der Waals surface area contributed by atoms with Crippen LogP contribution in [0.3, 0.4) is 0 Å². The van der Waals surface area contributed by atoms with Crippen LogP contribution in [0.4, 0.5) is 4.39 Å². The number of carboxylic acid groups (broad SMARTS) is 1. The zero-order valence-corrected chi connectivity index (χ0v) is 10.7. The second-order valence-electron chi connectivity index (χ2n) is 4.06. The summed E-state index contributed by atoms with van der Waals surface area (Å²) in [6.45, 7) is 2.77. The normalized spacial score (nSPS) is 10.6. The van der Waals surface area contributed by atoms with Gasteiger partial charge in [-0.25, -0.2) is 9.18 Å². The van der Waals surface area contributed by atoms with Crippen LogP contribution in [-0.4, -0.2) is 28.4 Å². The number of carbonyl (C=O) groups excluding carboxylic acids is 1. The van der Waals surface area contributed by atoms with Gasteiger partial charge in [0, 0.05) is 25.2 Å². The van der Waals surface area contributed by atoms with Gasteiger partial charge in [-0.05, 0) is 24.1 Å². The molecular formula is C14H16FNO3. The van der Waals surface area contributed by atoms with Crippen molar-refractivity contribution in [3.05, 3.63) is 47.8 Å². The van der Waals surface area contributed by atoms with Crippen molar-refractivity contribution in [2.75, 3.05) is 6.54 Å². The Morgan fingerprint density at radius 3 is 2.42 bits per heavy atom. The molecule has 102 valence electrons. The minimum atomic E-state index is -1.16. The fourth-order valence-corrected chi connectivity index (χ4v) is 1.60. The van der Waals surface area contributed by atoms with E-state index < -0.39 is 5.97 Å². The zero-order valence-electron chi connectivity index (χ0n) is 10.7. The maximum atomic E-state index is 12.8. The Morgan fingerprint density at radius 2 is 1.89 bits per heavy atom. The summed E-state index contributed by atoms with van der Waals surface area (Å²) < 4.78 is 12.8. The van der Waals surface area contributed by atoms with E-state index >= 15 is 0 Å². The average Bonchev–Trinajstić information content (AvgIpc) is 2.38. The van der Waals surface area contributed by atoms with Crippen molar-refractivity contribution in [3.63, 3.8) is 0 Å². The largest absolute Gasteiger partial charge is 0.478 e. The van der Waals surface area contributed by atoms with Crippen LogP contribution in [0.25, 0.3) is 0 Å². The minimum absolute atomic E-state index is 0.330. The molecule has 0 aliphatic carbocycles. The molecule has 0 aliphatic rings. The minimum Gasteiger partial charge on any atom is -0.478 e. The molecule has 0 bridgehead atoms. The number of hydrogen-bond acceptors (Lipinski definition) is 2. The van der Waals surface area contributed by atoms with Crippen LogP contribution in [0.1, 0.15) is 18.9 Å². The van der Waals surface area contributed by atoms with Crippen molar-refractivity contribution in [2.45, 2.75) is 19.9 Å². The lowest BCUT2D eigenvalue weighted by atomic mass is 10.2. The molecule has 5 heteroatoms. The number of aliphatic carboxylic acids is 1. The first-order valence-electron chi connectivity index (χ1n) is 5.97. The summed E-state index contributed by atoms with van der Waals surface area (Å²) in [5.41, 5.74) is 0.798. The van der Waals surface area contributed by atoms with Gasteiger partial charge < -0.3 is 10.0 Å². The number of amides is 1. The summed E-state index contributed by atoms with van der Waals surface area (Å²) in [5.74, 6) is -1.86. The van der Waals surface area contributed by atoms with Crippen molar-refractivity contribution >= 4 is 11.9 Å². The van der Waals surface area contributed by atoms with Crippen molar-refractivity contribution < 1.29 is 19.1 Å². The topological polar surface area (TPSA) is 57.6 Å². The van der Waals surface area contributed by atoms with Crippen LogP contribution in [0, 0.1) is 5.82 Å². The summed E-state index contributed by atoms with van der Waals surface area (Å²) in [6.07, 6.45) is 2.60. The molecule has 0 saturated carbocycles. The van der Waals surface area contributed by atoms with Gasteiger partial charge in [0.2, 0.25) is 5.91 Å². The molecule has 19 heavy (non-hydrogen) atoms. The molecule has 0 saturated heterocycles. The maximum Gasteiger partial charge on any atom is 0.328 e. The van der Waals surface area contributed by atoms with Gasteiger partial charge in [0.25, 0.3) is 0 Å². The average molecular weight is 265 g/mol. The van der Waals surface area contributed by atoms with Crippen LogP contribution in [-0.2, 0) is 16.1 Å². The molecule has 0 atom stereocenters. The lowest BCUT2D eigenvalue weighted by Crippen LogP contribution is -2.29. The third-order valence-corrected chi connectivity index (χ3v) is 2.46. The number of benzene rings is 1. The molecule has 0 aromatic heterocycles. The molecule has 0 heterocycles. The van der Waals surface area contributed by atoms with E-state index in [-0.39, 0.29) is 11.7 Å². The quantitative estimate of drug-likeness (QED) is 0.802. The second kappa shape index (κ2) is 7.31. The van der Waals surface area contributed by atoms with Gasteiger partial charge in [-0.1, -0.05) is 19.1 Å². The summed E-state index contributed by atoms with van der Waals surface area (Å²) in [5, 5.41) is 8.50.